The van der Waals surface area contributed by atoms with Crippen molar-refractivity contribution >= 4 is 21.8 Å². The largest absolute Gasteiger partial charge is 0.248 e. The fraction of sp³-hybridized carbons (Fsp3) is 0.0625. The quantitative estimate of drug-likeness (QED) is 0.466. The van der Waals surface area contributed by atoms with Gasteiger partial charge in [0.1, 0.15) is 0 Å². The van der Waals surface area contributed by atoms with Crippen LogP contribution in [0, 0.1) is 0 Å². The second-order valence-electron chi connectivity index (χ2n) is 4.16. The Hall–Kier alpha value is -2.15. The topological polar surface area (TPSA) is 12.9 Å². The van der Waals surface area contributed by atoms with Gasteiger partial charge in [-0.25, -0.2) is 4.98 Å². The van der Waals surface area contributed by atoms with Crippen LogP contribution >= 0.6 is 0 Å². The molecule has 1 heteroatoms. The lowest BCUT2D eigenvalue weighted by Crippen LogP contribution is -1.87. The van der Waals surface area contributed by atoms with Gasteiger partial charge in [-0.15, -0.1) is 6.58 Å². The van der Waals surface area contributed by atoms with E-state index in [9.17, 15) is 0 Å². The second kappa shape index (κ2) is 4.02. The molecule has 0 amide bonds. The van der Waals surface area contributed by atoms with Crippen LogP contribution in [-0.2, 0) is 6.42 Å². The van der Waals surface area contributed by atoms with Gasteiger partial charge in [0.2, 0.25) is 0 Å². The number of allylic oxidation sites excluding steroid dienone is 1. The van der Waals surface area contributed by atoms with Gasteiger partial charge in [0.15, 0.2) is 0 Å². The third-order valence-electron chi connectivity index (χ3n) is 3.02. The van der Waals surface area contributed by atoms with Crippen LogP contribution < -0.4 is 0 Å². The molecule has 3 rings (SSSR count). The van der Waals surface area contributed by atoms with E-state index in [4.69, 9.17) is 0 Å². The summed E-state index contributed by atoms with van der Waals surface area (Å²) in [5, 5.41) is 2.42. The number of rotatable bonds is 2. The van der Waals surface area contributed by atoms with Gasteiger partial charge in [0.25, 0.3) is 0 Å². The van der Waals surface area contributed by atoms with Crippen LogP contribution in [0.1, 0.15) is 5.56 Å². The van der Waals surface area contributed by atoms with Gasteiger partial charge in [0.05, 0.1) is 11.0 Å². The Morgan fingerprint density at radius 2 is 1.82 bits per heavy atom. The molecule has 0 bridgehead atoms. The summed E-state index contributed by atoms with van der Waals surface area (Å²) in [5.41, 5.74) is 3.40. The standard InChI is InChI=1S/C16H13N/c1-2-6-12-8-5-10-16-14(12)11-13-7-3-4-9-15(13)17-16/h2-5,7-11H,1,6H2. The molecule has 1 nitrogen and oxygen atoms in total. The van der Waals surface area contributed by atoms with Crippen LogP contribution in [0.5, 0.6) is 0 Å². The SMILES string of the molecule is C=CCc1cccc2nc3ccccc3cc12. The number of fused-ring (bicyclic) bond motifs is 2. The second-order valence-corrected chi connectivity index (χ2v) is 4.16. The number of benzene rings is 2. The Morgan fingerprint density at radius 1 is 1.00 bits per heavy atom. The highest BCUT2D eigenvalue weighted by Gasteiger charge is 2.02. The summed E-state index contributed by atoms with van der Waals surface area (Å²) in [6, 6.07) is 16.7. The molecule has 0 saturated carbocycles. The summed E-state index contributed by atoms with van der Waals surface area (Å²) < 4.78 is 0. The third kappa shape index (κ3) is 1.70. The zero-order valence-corrected chi connectivity index (χ0v) is 9.56. The van der Waals surface area contributed by atoms with Gasteiger partial charge in [-0.3, -0.25) is 0 Å². The monoisotopic (exact) mass is 219 g/mol. The first-order valence-corrected chi connectivity index (χ1v) is 5.77. The summed E-state index contributed by atoms with van der Waals surface area (Å²) in [7, 11) is 0. The van der Waals surface area contributed by atoms with E-state index in [-0.39, 0.29) is 0 Å². The van der Waals surface area contributed by atoms with Crippen LogP contribution in [0.4, 0.5) is 0 Å². The lowest BCUT2D eigenvalue weighted by atomic mass is 10.0. The molecule has 0 radical (unpaired) electrons. The minimum absolute atomic E-state index is 0.886. The maximum atomic E-state index is 4.69. The van der Waals surface area contributed by atoms with Crippen molar-refractivity contribution < 1.29 is 0 Å². The Morgan fingerprint density at radius 3 is 2.71 bits per heavy atom. The molecule has 0 aliphatic heterocycles. The zero-order valence-electron chi connectivity index (χ0n) is 9.56. The first kappa shape index (κ1) is 10.0. The maximum absolute atomic E-state index is 4.69. The van der Waals surface area contributed by atoms with Gasteiger partial charge in [-0.1, -0.05) is 36.4 Å². The summed E-state index contributed by atoms with van der Waals surface area (Å²) in [6.07, 6.45) is 2.82. The fourth-order valence-electron chi connectivity index (χ4n) is 2.19. The molecule has 0 fully saturated rings. The molecule has 0 saturated heterocycles. The molecular weight excluding hydrogens is 206 g/mol. The van der Waals surface area contributed by atoms with Gasteiger partial charge in [-0.2, -0.15) is 0 Å². The zero-order chi connectivity index (χ0) is 11.7. The van der Waals surface area contributed by atoms with E-state index >= 15 is 0 Å². The molecule has 3 aromatic rings. The van der Waals surface area contributed by atoms with Gasteiger partial charge < -0.3 is 0 Å². The van der Waals surface area contributed by atoms with E-state index in [0.717, 1.165) is 17.5 Å². The molecule has 0 aliphatic carbocycles. The van der Waals surface area contributed by atoms with Crippen LogP contribution in [0.15, 0.2) is 61.2 Å². The molecular formula is C16H13N. The molecule has 0 aliphatic rings. The first-order chi connectivity index (χ1) is 8.38. The number of nitrogens with zero attached hydrogens (tertiary/aromatic N) is 1. The van der Waals surface area contributed by atoms with Crippen molar-refractivity contribution in [3.63, 3.8) is 0 Å². The highest BCUT2D eigenvalue weighted by molar-refractivity contribution is 5.94. The molecule has 0 unspecified atom stereocenters. The summed E-state index contributed by atoms with van der Waals surface area (Å²) in [6.45, 7) is 3.80. The van der Waals surface area contributed by atoms with Crippen molar-refractivity contribution in [3.05, 3.63) is 66.7 Å². The number of hydrogen-bond donors (Lipinski definition) is 0. The summed E-state index contributed by atoms with van der Waals surface area (Å²) >= 11 is 0. The van der Waals surface area contributed by atoms with E-state index < -0.39 is 0 Å². The van der Waals surface area contributed by atoms with Crippen molar-refractivity contribution in [2.24, 2.45) is 0 Å². The molecule has 17 heavy (non-hydrogen) atoms. The molecule has 2 aromatic carbocycles. The van der Waals surface area contributed by atoms with Crippen molar-refractivity contribution in [2.45, 2.75) is 6.42 Å². The number of hydrogen-bond acceptors (Lipinski definition) is 1. The fourth-order valence-corrected chi connectivity index (χ4v) is 2.19. The van der Waals surface area contributed by atoms with Crippen LogP contribution in [0.2, 0.25) is 0 Å². The van der Waals surface area contributed by atoms with E-state index in [1.807, 2.05) is 18.2 Å². The van der Waals surface area contributed by atoms with Crippen LogP contribution in [-0.4, -0.2) is 4.98 Å². The maximum Gasteiger partial charge on any atom is 0.0712 e. The number of pyridine rings is 1. The van der Waals surface area contributed by atoms with Gasteiger partial charge in [0, 0.05) is 10.8 Å². The van der Waals surface area contributed by atoms with E-state index in [0.29, 0.717) is 0 Å². The molecule has 0 N–H and O–H groups in total. The molecule has 0 atom stereocenters. The lowest BCUT2D eigenvalue weighted by molar-refractivity contribution is 1.30. The van der Waals surface area contributed by atoms with Crippen molar-refractivity contribution in [1.82, 2.24) is 4.98 Å². The highest BCUT2D eigenvalue weighted by atomic mass is 14.7. The van der Waals surface area contributed by atoms with Crippen molar-refractivity contribution in [2.75, 3.05) is 0 Å². The number of aromatic nitrogens is 1. The predicted molar refractivity (Wildman–Crippen MR) is 73.2 cm³/mol. The molecule has 0 spiro atoms. The third-order valence-corrected chi connectivity index (χ3v) is 3.02. The molecule has 82 valence electrons. The first-order valence-electron chi connectivity index (χ1n) is 5.77. The minimum Gasteiger partial charge on any atom is -0.248 e. The average molecular weight is 219 g/mol. The molecule has 1 heterocycles. The average Bonchev–Trinajstić information content (AvgIpc) is 2.37. The van der Waals surface area contributed by atoms with Crippen molar-refractivity contribution in [1.29, 1.82) is 0 Å². The Balaban J connectivity index is 2.39. The summed E-state index contributed by atoms with van der Waals surface area (Å²) in [5.74, 6) is 0. The lowest BCUT2D eigenvalue weighted by Gasteiger charge is -2.05. The van der Waals surface area contributed by atoms with Crippen molar-refractivity contribution in [3.8, 4) is 0 Å². The van der Waals surface area contributed by atoms with E-state index in [1.165, 1.54) is 16.3 Å². The van der Waals surface area contributed by atoms with Crippen LogP contribution in [0.3, 0.4) is 0 Å². The molecule has 1 aromatic heterocycles. The summed E-state index contributed by atoms with van der Waals surface area (Å²) in [4.78, 5) is 4.69. The van der Waals surface area contributed by atoms with Gasteiger partial charge in [-0.05, 0) is 30.2 Å². The van der Waals surface area contributed by atoms with E-state index in [1.54, 1.807) is 0 Å². The predicted octanol–water partition coefficient (Wildman–Crippen LogP) is 4.12. The Bertz CT molecular complexity index is 698. The normalized spacial score (nSPS) is 10.8. The van der Waals surface area contributed by atoms with Gasteiger partial charge >= 0.3 is 0 Å². The van der Waals surface area contributed by atoms with E-state index in [2.05, 4.69) is 48.0 Å². The number of para-hydroxylation sites is 1. The Kier molecular flexibility index (Phi) is 2.37. The highest BCUT2D eigenvalue weighted by Crippen LogP contribution is 2.23. The smallest absolute Gasteiger partial charge is 0.0712 e. The van der Waals surface area contributed by atoms with Crippen LogP contribution in [0.25, 0.3) is 21.8 Å². The Labute approximate surface area is 100 Å². The minimum atomic E-state index is 0.886.